The Bertz CT molecular complexity index is 248. The van der Waals surface area contributed by atoms with Gasteiger partial charge in [-0.25, -0.2) is 10.1 Å². The van der Waals surface area contributed by atoms with Gasteiger partial charge in [0, 0.05) is 5.43 Å². The first-order chi connectivity index (χ1) is 5.79. The van der Waals surface area contributed by atoms with Gasteiger partial charge in [-0.1, -0.05) is 30.3 Å². The predicted octanol–water partition coefficient (Wildman–Crippen LogP) is 1.03. The first-order valence-corrected chi connectivity index (χ1v) is 3.65. The summed E-state index contributed by atoms with van der Waals surface area (Å²) in [5.41, 5.74) is 4.21. The zero-order chi connectivity index (χ0) is 8.81. The summed E-state index contributed by atoms with van der Waals surface area (Å²) < 4.78 is 0. The van der Waals surface area contributed by atoms with Gasteiger partial charge in [-0.2, -0.15) is 0 Å². The summed E-state index contributed by atoms with van der Waals surface area (Å²) in [6.45, 7) is 0.247. The van der Waals surface area contributed by atoms with Crippen LogP contribution in [0.25, 0.3) is 0 Å². The Morgan fingerprint density at radius 1 is 1.33 bits per heavy atom. The number of hydrogen-bond donors (Lipinski definition) is 0. The van der Waals surface area contributed by atoms with E-state index in [1.54, 1.807) is 0 Å². The third-order valence-corrected chi connectivity index (χ3v) is 1.46. The molecule has 0 spiro atoms. The van der Waals surface area contributed by atoms with Crippen LogP contribution in [-0.2, 0) is 6.42 Å². The quantitative estimate of drug-likeness (QED) is 0.494. The molecule has 4 heteroatoms. The van der Waals surface area contributed by atoms with Crippen LogP contribution in [0, 0.1) is 10.1 Å². The minimum atomic E-state index is -0.650. The lowest BCUT2D eigenvalue weighted by Crippen LogP contribution is -2.15. The molecule has 1 radical (unpaired) electrons. The van der Waals surface area contributed by atoms with Crippen LogP contribution in [0.5, 0.6) is 0 Å². The molecular formula is C8H9N2O2. The van der Waals surface area contributed by atoms with E-state index in [4.69, 9.17) is 0 Å². The van der Waals surface area contributed by atoms with E-state index in [-0.39, 0.29) is 6.54 Å². The number of nitrogens with zero attached hydrogens (tertiary/aromatic N) is 2. The Morgan fingerprint density at radius 3 is 2.58 bits per heavy atom. The molecule has 1 aromatic rings. The summed E-state index contributed by atoms with van der Waals surface area (Å²) in [6.07, 6.45) is 0.627. The topological polar surface area (TPSA) is 57.2 Å². The highest BCUT2D eigenvalue weighted by Crippen LogP contribution is 1.97. The Labute approximate surface area is 70.3 Å². The van der Waals surface area contributed by atoms with Crippen molar-refractivity contribution in [3.05, 3.63) is 46.0 Å². The third-order valence-electron chi connectivity index (χ3n) is 1.46. The molecule has 0 amide bonds. The molecule has 0 bridgehead atoms. The smallest absolute Gasteiger partial charge is 0.185 e. The van der Waals surface area contributed by atoms with Crippen molar-refractivity contribution in [3.63, 3.8) is 0 Å². The van der Waals surface area contributed by atoms with Crippen molar-refractivity contribution < 1.29 is 5.03 Å². The lowest BCUT2D eigenvalue weighted by molar-refractivity contribution is -0.549. The maximum atomic E-state index is 9.83. The third kappa shape index (κ3) is 3.01. The van der Waals surface area contributed by atoms with Crippen molar-refractivity contribution in [2.75, 3.05) is 6.54 Å². The molecular weight excluding hydrogens is 156 g/mol. The fourth-order valence-corrected chi connectivity index (χ4v) is 0.905. The van der Waals surface area contributed by atoms with Crippen LogP contribution in [0.2, 0.25) is 0 Å². The van der Waals surface area contributed by atoms with E-state index in [1.807, 2.05) is 30.3 Å². The van der Waals surface area contributed by atoms with Crippen molar-refractivity contribution in [1.82, 2.24) is 5.43 Å². The molecule has 0 atom stereocenters. The van der Waals surface area contributed by atoms with Gasteiger partial charge in [0.25, 0.3) is 0 Å². The molecule has 1 aromatic carbocycles. The molecule has 0 aliphatic rings. The lowest BCUT2D eigenvalue weighted by Gasteiger charge is -1.95. The molecule has 0 saturated heterocycles. The SMILES string of the molecule is O=[N+]([O-])[N]CCc1ccccc1. The van der Waals surface area contributed by atoms with Gasteiger partial charge in [-0.15, -0.1) is 0 Å². The Morgan fingerprint density at radius 2 is 2.00 bits per heavy atom. The molecule has 0 unspecified atom stereocenters. The maximum absolute atomic E-state index is 9.83. The second-order valence-electron chi connectivity index (χ2n) is 2.34. The first-order valence-electron chi connectivity index (χ1n) is 3.65. The van der Waals surface area contributed by atoms with E-state index in [0.29, 0.717) is 6.42 Å². The van der Waals surface area contributed by atoms with Gasteiger partial charge in [-0.3, -0.25) is 0 Å². The van der Waals surface area contributed by atoms with Gasteiger partial charge >= 0.3 is 0 Å². The van der Waals surface area contributed by atoms with E-state index >= 15 is 0 Å². The maximum Gasteiger partial charge on any atom is 0.185 e. The fourth-order valence-electron chi connectivity index (χ4n) is 0.905. The molecule has 0 aliphatic heterocycles. The predicted molar refractivity (Wildman–Crippen MR) is 44.1 cm³/mol. The molecule has 0 aromatic heterocycles. The fraction of sp³-hybridized carbons (Fsp3) is 0.250. The van der Waals surface area contributed by atoms with Crippen LogP contribution in [0.3, 0.4) is 0 Å². The monoisotopic (exact) mass is 165 g/mol. The summed E-state index contributed by atoms with van der Waals surface area (Å²) in [7, 11) is 0. The van der Waals surface area contributed by atoms with E-state index in [0.717, 1.165) is 5.56 Å². The standard InChI is InChI=1S/C8H9N2O2/c11-10(12)9-7-6-8-4-2-1-3-5-8/h1-5H,6-7H2. The minimum Gasteiger partial charge on any atom is -0.233 e. The summed E-state index contributed by atoms with van der Waals surface area (Å²) in [6, 6.07) is 9.57. The van der Waals surface area contributed by atoms with E-state index < -0.39 is 5.03 Å². The normalized spacial score (nSPS) is 9.33. The molecule has 0 saturated carbocycles. The van der Waals surface area contributed by atoms with E-state index in [2.05, 4.69) is 5.43 Å². The highest BCUT2D eigenvalue weighted by molar-refractivity contribution is 5.14. The van der Waals surface area contributed by atoms with Gasteiger partial charge < -0.3 is 0 Å². The first kappa shape index (κ1) is 8.52. The zero-order valence-electron chi connectivity index (χ0n) is 6.51. The second kappa shape index (κ2) is 4.33. The summed E-state index contributed by atoms with van der Waals surface area (Å²) >= 11 is 0. The average Bonchev–Trinajstić information content (AvgIpc) is 2.05. The van der Waals surface area contributed by atoms with Crippen LogP contribution >= 0.6 is 0 Å². The van der Waals surface area contributed by atoms with Gasteiger partial charge in [0.1, 0.15) is 6.54 Å². The number of hydrogen-bond acceptors (Lipinski definition) is 2. The highest BCUT2D eigenvalue weighted by atomic mass is 16.7. The van der Waals surface area contributed by atoms with Gasteiger partial charge in [0.2, 0.25) is 0 Å². The molecule has 4 nitrogen and oxygen atoms in total. The second-order valence-corrected chi connectivity index (χ2v) is 2.34. The largest absolute Gasteiger partial charge is 0.233 e. The molecule has 0 N–H and O–H groups in total. The molecule has 63 valence electrons. The average molecular weight is 165 g/mol. The Balaban J connectivity index is 2.29. The lowest BCUT2D eigenvalue weighted by atomic mass is 10.2. The molecule has 0 fully saturated rings. The van der Waals surface area contributed by atoms with Crippen LogP contribution in [0.4, 0.5) is 0 Å². The van der Waals surface area contributed by atoms with Crippen LogP contribution in [-0.4, -0.2) is 11.6 Å². The van der Waals surface area contributed by atoms with Gasteiger partial charge in [0.05, 0.1) is 0 Å². The van der Waals surface area contributed by atoms with Crippen LogP contribution in [0.15, 0.2) is 30.3 Å². The Hall–Kier alpha value is -1.58. The van der Waals surface area contributed by atoms with Crippen molar-refractivity contribution in [2.45, 2.75) is 6.42 Å². The summed E-state index contributed by atoms with van der Waals surface area (Å²) in [4.78, 5) is 9.83. The number of benzene rings is 1. The van der Waals surface area contributed by atoms with Crippen molar-refractivity contribution in [1.29, 1.82) is 0 Å². The molecule has 1 rings (SSSR count). The zero-order valence-corrected chi connectivity index (χ0v) is 6.51. The summed E-state index contributed by atoms with van der Waals surface area (Å²) in [5, 5.41) is 9.18. The highest BCUT2D eigenvalue weighted by Gasteiger charge is 1.98. The van der Waals surface area contributed by atoms with E-state index in [9.17, 15) is 10.1 Å². The molecule has 0 aliphatic carbocycles. The van der Waals surface area contributed by atoms with Crippen LogP contribution < -0.4 is 5.43 Å². The Kier molecular flexibility index (Phi) is 3.07. The van der Waals surface area contributed by atoms with E-state index in [1.165, 1.54) is 0 Å². The van der Waals surface area contributed by atoms with Gasteiger partial charge in [0.15, 0.2) is 5.03 Å². The van der Waals surface area contributed by atoms with Crippen molar-refractivity contribution in [2.24, 2.45) is 0 Å². The number of rotatable bonds is 4. The molecule has 0 heterocycles. The summed E-state index contributed by atoms with van der Waals surface area (Å²) in [5.74, 6) is 0. The van der Waals surface area contributed by atoms with Crippen molar-refractivity contribution >= 4 is 0 Å². The van der Waals surface area contributed by atoms with Gasteiger partial charge in [-0.05, 0) is 12.0 Å². The van der Waals surface area contributed by atoms with Crippen molar-refractivity contribution in [3.8, 4) is 0 Å². The minimum absolute atomic E-state index is 0.247. The van der Waals surface area contributed by atoms with Crippen LogP contribution in [0.1, 0.15) is 5.56 Å². The number of nitro groups is 1. The molecule has 12 heavy (non-hydrogen) atoms.